The molecule has 1 aliphatic carbocycles. The van der Waals surface area contributed by atoms with E-state index in [2.05, 4.69) is 6.92 Å². The second-order valence-corrected chi connectivity index (χ2v) is 7.21. The van der Waals surface area contributed by atoms with Crippen molar-refractivity contribution in [3.05, 3.63) is 23.8 Å². The largest absolute Gasteiger partial charge is 0.496 e. The van der Waals surface area contributed by atoms with Crippen molar-refractivity contribution in [2.24, 2.45) is 5.92 Å². The van der Waals surface area contributed by atoms with Crippen LogP contribution in [0.15, 0.2) is 18.2 Å². The van der Waals surface area contributed by atoms with Crippen LogP contribution < -0.4 is 10.5 Å². The number of nitrogen functional groups attached to an aromatic ring is 1. The van der Waals surface area contributed by atoms with Gasteiger partial charge in [-0.2, -0.15) is 0 Å². The SMILES string of the molecule is COc1ccc(N)cc1CS(=O)C1CCCC(C)C1. The third-order valence-corrected chi connectivity index (χ3v) is 5.63. The summed E-state index contributed by atoms with van der Waals surface area (Å²) in [6.45, 7) is 2.25. The monoisotopic (exact) mass is 281 g/mol. The number of hydrogen-bond acceptors (Lipinski definition) is 3. The molecule has 0 spiro atoms. The Morgan fingerprint density at radius 3 is 2.89 bits per heavy atom. The van der Waals surface area contributed by atoms with Crippen molar-refractivity contribution < 1.29 is 8.95 Å². The van der Waals surface area contributed by atoms with Gasteiger partial charge in [-0.15, -0.1) is 0 Å². The van der Waals surface area contributed by atoms with E-state index in [1.54, 1.807) is 7.11 Å². The van der Waals surface area contributed by atoms with Crippen LogP contribution in [0.4, 0.5) is 5.69 Å². The maximum Gasteiger partial charge on any atom is 0.123 e. The molecule has 106 valence electrons. The summed E-state index contributed by atoms with van der Waals surface area (Å²) in [6.07, 6.45) is 4.64. The van der Waals surface area contributed by atoms with Gasteiger partial charge in [-0.3, -0.25) is 4.21 Å². The lowest BCUT2D eigenvalue weighted by atomic mass is 9.91. The van der Waals surface area contributed by atoms with Crippen molar-refractivity contribution in [1.82, 2.24) is 0 Å². The fourth-order valence-corrected chi connectivity index (χ4v) is 4.54. The summed E-state index contributed by atoms with van der Waals surface area (Å²) < 4.78 is 17.8. The predicted octanol–water partition coefficient (Wildman–Crippen LogP) is 3.10. The minimum absolute atomic E-state index is 0.329. The van der Waals surface area contributed by atoms with E-state index in [1.807, 2.05) is 18.2 Å². The molecule has 3 atom stereocenters. The molecule has 0 aliphatic heterocycles. The van der Waals surface area contributed by atoms with E-state index in [1.165, 1.54) is 12.8 Å². The Balaban J connectivity index is 2.07. The standard InChI is InChI=1S/C15H23NO2S/c1-11-4-3-5-14(8-11)19(17)10-12-9-13(16)6-7-15(12)18-2/h6-7,9,11,14H,3-5,8,10,16H2,1-2H3. The van der Waals surface area contributed by atoms with Gasteiger partial charge in [-0.1, -0.05) is 19.8 Å². The lowest BCUT2D eigenvalue weighted by Gasteiger charge is -2.26. The van der Waals surface area contributed by atoms with E-state index in [9.17, 15) is 4.21 Å². The van der Waals surface area contributed by atoms with Crippen LogP contribution in [-0.4, -0.2) is 16.6 Å². The van der Waals surface area contributed by atoms with Gasteiger partial charge >= 0.3 is 0 Å². The molecule has 1 fully saturated rings. The van der Waals surface area contributed by atoms with Crippen LogP contribution in [0.1, 0.15) is 38.2 Å². The highest BCUT2D eigenvalue weighted by Gasteiger charge is 2.24. The van der Waals surface area contributed by atoms with E-state index in [4.69, 9.17) is 10.5 Å². The van der Waals surface area contributed by atoms with E-state index in [-0.39, 0.29) is 0 Å². The molecule has 4 heteroatoms. The molecule has 3 unspecified atom stereocenters. The number of methoxy groups -OCH3 is 1. The molecular weight excluding hydrogens is 258 g/mol. The molecule has 0 aromatic heterocycles. The van der Waals surface area contributed by atoms with Gasteiger partial charge < -0.3 is 10.5 Å². The zero-order chi connectivity index (χ0) is 13.8. The maximum atomic E-state index is 12.5. The first-order valence-corrected chi connectivity index (χ1v) is 8.28. The Kier molecular flexibility index (Phi) is 4.86. The number of ether oxygens (including phenoxy) is 1. The lowest BCUT2D eigenvalue weighted by Crippen LogP contribution is -2.24. The molecule has 2 N–H and O–H groups in total. The fourth-order valence-electron chi connectivity index (χ4n) is 2.80. The second-order valence-electron chi connectivity index (χ2n) is 5.49. The predicted molar refractivity (Wildman–Crippen MR) is 80.7 cm³/mol. The summed E-state index contributed by atoms with van der Waals surface area (Å²) in [5, 5.41) is 0.329. The highest BCUT2D eigenvalue weighted by molar-refractivity contribution is 7.84. The van der Waals surface area contributed by atoms with Crippen molar-refractivity contribution in [3.63, 3.8) is 0 Å². The van der Waals surface area contributed by atoms with Crippen LogP contribution in [0.5, 0.6) is 5.75 Å². The van der Waals surface area contributed by atoms with Crippen molar-refractivity contribution in [2.45, 2.75) is 43.6 Å². The molecule has 0 amide bonds. The molecular formula is C15H23NO2S. The third-order valence-electron chi connectivity index (χ3n) is 3.86. The number of anilines is 1. The van der Waals surface area contributed by atoms with E-state index >= 15 is 0 Å². The first kappa shape index (κ1) is 14.4. The summed E-state index contributed by atoms with van der Waals surface area (Å²) in [6, 6.07) is 5.54. The highest BCUT2D eigenvalue weighted by atomic mass is 32.2. The summed E-state index contributed by atoms with van der Waals surface area (Å²) in [5.74, 6) is 2.03. The Bertz CT molecular complexity index is 461. The zero-order valence-electron chi connectivity index (χ0n) is 11.7. The summed E-state index contributed by atoms with van der Waals surface area (Å²) >= 11 is 0. The van der Waals surface area contributed by atoms with Gasteiger partial charge in [0.2, 0.25) is 0 Å². The van der Waals surface area contributed by atoms with Gasteiger partial charge in [0.15, 0.2) is 0 Å². The molecule has 0 radical (unpaired) electrons. The molecule has 1 aromatic carbocycles. The minimum atomic E-state index is -0.834. The van der Waals surface area contributed by atoms with Gasteiger partial charge in [0, 0.05) is 27.3 Å². The van der Waals surface area contributed by atoms with Gasteiger partial charge in [-0.25, -0.2) is 0 Å². The molecule has 1 aromatic rings. The molecule has 1 aliphatic rings. The second kappa shape index (κ2) is 6.42. The average molecular weight is 281 g/mol. The van der Waals surface area contributed by atoms with Crippen LogP contribution in [0.25, 0.3) is 0 Å². The van der Waals surface area contributed by atoms with Gasteiger partial charge in [0.1, 0.15) is 5.75 Å². The van der Waals surface area contributed by atoms with E-state index in [0.717, 1.165) is 24.2 Å². The molecule has 0 saturated heterocycles. The quantitative estimate of drug-likeness (QED) is 0.863. The Morgan fingerprint density at radius 1 is 1.42 bits per heavy atom. The molecule has 2 rings (SSSR count). The molecule has 0 heterocycles. The summed E-state index contributed by atoms with van der Waals surface area (Å²) in [7, 11) is 0.806. The summed E-state index contributed by atoms with van der Waals surface area (Å²) in [4.78, 5) is 0. The van der Waals surface area contributed by atoms with Crippen molar-refractivity contribution >= 4 is 16.5 Å². The van der Waals surface area contributed by atoms with Crippen LogP contribution >= 0.6 is 0 Å². The Hall–Kier alpha value is -1.03. The van der Waals surface area contributed by atoms with Gasteiger partial charge in [0.05, 0.1) is 12.9 Å². The highest BCUT2D eigenvalue weighted by Crippen LogP contribution is 2.30. The van der Waals surface area contributed by atoms with E-state index in [0.29, 0.717) is 22.6 Å². The van der Waals surface area contributed by atoms with Gasteiger partial charge in [0.25, 0.3) is 0 Å². The van der Waals surface area contributed by atoms with Gasteiger partial charge in [-0.05, 0) is 37.0 Å². The summed E-state index contributed by atoms with van der Waals surface area (Å²) in [5.41, 5.74) is 7.46. The molecule has 0 bridgehead atoms. The first-order valence-electron chi connectivity index (χ1n) is 6.89. The van der Waals surface area contributed by atoms with Crippen LogP contribution in [-0.2, 0) is 16.6 Å². The maximum absolute atomic E-state index is 12.5. The van der Waals surface area contributed by atoms with Crippen LogP contribution in [0.2, 0.25) is 0 Å². The average Bonchev–Trinajstić information content (AvgIpc) is 2.39. The van der Waals surface area contributed by atoms with Crippen molar-refractivity contribution in [2.75, 3.05) is 12.8 Å². The van der Waals surface area contributed by atoms with Crippen molar-refractivity contribution in [3.8, 4) is 5.75 Å². The molecule has 19 heavy (non-hydrogen) atoms. The fraction of sp³-hybridized carbons (Fsp3) is 0.600. The number of benzene rings is 1. The minimum Gasteiger partial charge on any atom is -0.496 e. The normalized spacial score (nSPS) is 24.9. The molecule has 1 saturated carbocycles. The first-order chi connectivity index (χ1) is 9.10. The lowest BCUT2D eigenvalue weighted by molar-refractivity contribution is 0.388. The van der Waals surface area contributed by atoms with Crippen molar-refractivity contribution in [1.29, 1.82) is 0 Å². The topological polar surface area (TPSA) is 52.3 Å². The zero-order valence-corrected chi connectivity index (χ0v) is 12.5. The molecule has 3 nitrogen and oxygen atoms in total. The Morgan fingerprint density at radius 2 is 2.21 bits per heavy atom. The van der Waals surface area contributed by atoms with E-state index < -0.39 is 10.8 Å². The number of nitrogens with two attached hydrogens (primary N) is 1. The smallest absolute Gasteiger partial charge is 0.123 e. The van der Waals surface area contributed by atoms with Crippen LogP contribution in [0.3, 0.4) is 0 Å². The van der Waals surface area contributed by atoms with Crippen LogP contribution in [0, 0.1) is 5.92 Å². The Labute approximate surface area is 118 Å². The number of rotatable bonds is 4. The third kappa shape index (κ3) is 3.72. The number of hydrogen-bond donors (Lipinski definition) is 1.